The number of anilines is 2. The van der Waals surface area contributed by atoms with Gasteiger partial charge in [-0.3, -0.25) is 4.98 Å². The normalized spacial score (nSPS) is 14.2. The van der Waals surface area contributed by atoms with Gasteiger partial charge in [0.25, 0.3) is 0 Å². The topological polar surface area (TPSA) is 106 Å². The Morgan fingerprint density at radius 3 is 2.76 bits per heavy atom. The molecule has 0 bridgehead atoms. The minimum Gasteiger partial charge on any atom is -0.496 e. The number of imidazole rings is 1. The van der Waals surface area contributed by atoms with Crippen molar-refractivity contribution in [2.75, 3.05) is 24.3 Å². The van der Waals surface area contributed by atoms with Crippen LogP contribution >= 0.6 is 23.2 Å². The summed E-state index contributed by atoms with van der Waals surface area (Å²) in [6, 6.07) is 0. The zero-order valence-corrected chi connectivity index (χ0v) is 20.7. The third kappa shape index (κ3) is 4.63. The van der Waals surface area contributed by atoms with E-state index >= 15 is 0 Å². The first kappa shape index (κ1) is 23.3. The predicted molar refractivity (Wildman–Crippen MR) is 133 cm³/mol. The molecule has 3 aromatic heterocycles. The van der Waals surface area contributed by atoms with Crippen LogP contribution in [0.5, 0.6) is 5.75 Å². The number of rotatable bonds is 7. The maximum atomic E-state index is 6.52. The SMILES string of the molecule is CCCCc1nc(C=C2CN(Cc3ncc(C)c(OC)c3C)c3nc(N)nc(Cl)c32)c(Cl)[nH]1. The molecule has 0 amide bonds. The van der Waals surface area contributed by atoms with E-state index in [1.54, 1.807) is 7.11 Å². The second kappa shape index (κ2) is 9.57. The van der Waals surface area contributed by atoms with Gasteiger partial charge >= 0.3 is 0 Å². The Morgan fingerprint density at radius 1 is 1.24 bits per heavy atom. The molecule has 0 aromatic carbocycles. The number of unbranched alkanes of at least 4 members (excludes halogenated alkanes) is 1. The van der Waals surface area contributed by atoms with Crippen molar-refractivity contribution in [1.82, 2.24) is 24.9 Å². The highest BCUT2D eigenvalue weighted by Crippen LogP contribution is 2.41. The van der Waals surface area contributed by atoms with Gasteiger partial charge in [0.15, 0.2) is 0 Å². The molecule has 0 radical (unpaired) electrons. The van der Waals surface area contributed by atoms with E-state index < -0.39 is 0 Å². The summed E-state index contributed by atoms with van der Waals surface area (Å²) in [6.07, 6.45) is 6.74. The van der Waals surface area contributed by atoms with Gasteiger partial charge in [0.2, 0.25) is 5.95 Å². The van der Waals surface area contributed by atoms with E-state index in [0.29, 0.717) is 34.9 Å². The van der Waals surface area contributed by atoms with Crippen LogP contribution < -0.4 is 15.4 Å². The Bertz CT molecular complexity index is 1220. The Morgan fingerprint density at radius 2 is 2.03 bits per heavy atom. The second-order valence-electron chi connectivity index (χ2n) is 8.13. The van der Waals surface area contributed by atoms with Crippen LogP contribution in [0.3, 0.4) is 0 Å². The van der Waals surface area contributed by atoms with Crippen LogP contribution in [0.25, 0.3) is 11.6 Å². The number of aromatic amines is 1. The Hall–Kier alpha value is -2.84. The molecular weight excluding hydrogens is 461 g/mol. The van der Waals surface area contributed by atoms with E-state index in [1.165, 1.54) is 0 Å². The fraction of sp³-hybridized carbons (Fsp3) is 0.391. The number of H-pyrrole nitrogens is 1. The molecule has 3 aromatic rings. The van der Waals surface area contributed by atoms with E-state index in [9.17, 15) is 0 Å². The quantitative estimate of drug-likeness (QED) is 0.450. The van der Waals surface area contributed by atoms with Crippen LogP contribution in [0.2, 0.25) is 10.3 Å². The average molecular weight is 488 g/mol. The van der Waals surface area contributed by atoms with Crippen molar-refractivity contribution >= 4 is 46.6 Å². The summed E-state index contributed by atoms with van der Waals surface area (Å²) in [4.78, 5) is 23.2. The molecule has 0 spiro atoms. The standard InChI is InChI=1S/C23H27Cl2N7O/c1-5-6-7-17-28-15(20(24)29-17)8-14-10-32(22-18(14)21(25)30-23(26)31-22)11-16-13(3)19(33-4)12(2)9-27-16/h8-9H,5-7,10-11H2,1-4H3,(H,28,29)(H2,26,30,31). The highest BCUT2D eigenvalue weighted by molar-refractivity contribution is 6.33. The van der Waals surface area contributed by atoms with Crippen LogP contribution in [0.15, 0.2) is 6.20 Å². The number of hydrogen-bond acceptors (Lipinski definition) is 7. The van der Waals surface area contributed by atoms with Crippen molar-refractivity contribution in [1.29, 1.82) is 0 Å². The number of aryl methyl sites for hydroxylation is 2. The number of halogens is 2. The van der Waals surface area contributed by atoms with Crippen molar-refractivity contribution in [2.24, 2.45) is 0 Å². The predicted octanol–water partition coefficient (Wildman–Crippen LogP) is 5.01. The number of hydrogen-bond donors (Lipinski definition) is 2. The van der Waals surface area contributed by atoms with E-state index in [-0.39, 0.29) is 5.95 Å². The number of ether oxygens (including phenoxy) is 1. The monoisotopic (exact) mass is 487 g/mol. The summed E-state index contributed by atoms with van der Waals surface area (Å²) in [6.45, 7) is 7.17. The van der Waals surface area contributed by atoms with E-state index in [4.69, 9.17) is 33.7 Å². The average Bonchev–Trinajstić information content (AvgIpc) is 3.29. The molecule has 0 unspecified atom stereocenters. The molecule has 3 N–H and O–H groups in total. The second-order valence-corrected chi connectivity index (χ2v) is 8.87. The van der Waals surface area contributed by atoms with Crippen molar-refractivity contribution < 1.29 is 4.74 Å². The Balaban J connectivity index is 1.72. The molecule has 0 aliphatic carbocycles. The zero-order valence-electron chi connectivity index (χ0n) is 19.2. The van der Waals surface area contributed by atoms with Crippen LogP contribution in [-0.2, 0) is 13.0 Å². The third-order valence-electron chi connectivity index (χ3n) is 5.75. The molecule has 4 rings (SSSR count). The number of nitrogens with zero attached hydrogens (tertiary/aromatic N) is 5. The lowest BCUT2D eigenvalue weighted by atomic mass is 10.1. The molecule has 33 heavy (non-hydrogen) atoms. The first-order chi connectivity index (χ1) is 15.8. The van der Waals surface area contributed by atoms with Gasteiger partial charge < -0.3 is 20.4 Å². The van der Waals surface area contributed by atoms with Gasteiger partial charge in [0.1, 0.15) is 33.4 Å². The maximum Gasteiger partial charge on any atom is 0.223 e. The lowest BCUT2D eigenvalue weighted by molar-refractivity contribution is 0.407. The summed E-state index contributed by atoms with van der Waals surface area (Å²) in [5, 5.41) is 0.803. The first-order valence-electron chi connectivity index (χ1n) is 10.8. The van der Waals surface area contributed by atoms with Crippen molar-refractivity contribution in [3.05, 3.63) is 50.4 Å². The van der Waals surface area contributed by atoms with Crippen LogP contribution in [0.1, 0.15) is 53.7 Å². The molecule has 10 heteroatoms. The number of nitrogens with two attached hydrogens (primary N) is 1. The lowest BCUT2D eigenvalue weighted by Crippen LogP contribution is -2.22. The maximum absolute atomic E-state index is 6.52. The third-order valence-corrected chi connectivity index (χ3v) is 6.31. The molecular formula is C23H27Cl2N7O. The molecule has 1 aliphatic heterocycles. The molecule has 8 nitrogen and oxygen atoms in total. The molecule has 4 heterocycles. The number of nitrogen functional groups attached to an aromatic ring is 1. The Labute approximate surface area is 203 Å². The lowest BCUT2D eigenvalue weighted by Gasteiger charge is -2.20. The van der Waals surface area contributed by atoms with E-state index in [1.807, 2.05) is 26.1 Å². The summed E-state index contributed by atoms with van der Waals surface area (Å²) in [7, 11) is 1.67. The minimum atomic E-state index is 0.121. The molecule has 0 saturated carbocycles. The fourth-order valence-electron chi connectivity index (χ4n) is 4.10. The smallest absolute Gasteiger partial charge is 0.223 e. The van der Waals surface area contributed by atoms with Gasteiger partial charge in [-0.1, -0.05) is 36.5 Å². The number of pyridine rings is 1. The van der Waals surface area contributed by atoms with Gasteiger partial charge in [-0.15, -0.1) is 0 Å². The summed E-state index contributed by atoms with van der Waals surface area (Å²) in [5.74, 6) is 2.49. The van der Waals surface area contributed by atoms with Crippen molar-refractivity contribution in [2.45, 2.75) is 46.6 Å². The highest BCUT2D eigenvalue weighted by atomic mass is 35.5. The zero-order chi connectivity index (χ0) is 23.7. The summed E-state index contributed by atoms with van der Waals surface area (Å²) >= 11 is 13.0. The fourth-order valence-corrected chi connectivity index (χ4v) is 4.60. The highest BCUT2D eigenvalue weighted by Gasteiger charge is 2.30. The molecule has 1 aliphatic rings. The van der Waals surface area contributed by atoms with E-state index in [0.717, 1.165) is 58.8 Å². The molecule has 174 valence electrons. The van der Waals surface area contributed by atoms with Crippen molar-refractivity contribution in [3.63, 3.8) is 0 Å². The van der Waals surface area contributed by atoms with Gasteiger partial charge in [-0.2, -0.15) is 4.98 Å². The molecule has 0 saturated heterocycles. The summed E-state index contributed by atoms with van der Waals surface area (Å²) < 4.78 is 5.57. The molecule has 0 fully saturated rings. The Kier molecular flexibility index (Phi) is 6.76. The van der Waals surface area contributed by atoms with Gasteiger partial charge in [0.05, 0.1) is 24.9 Å². The van der Waals surface area contributed by atoms with Crippen LogP contribution in [0.4, 0.5) is 11.8 Å². The number of methoxy groups -OCH3 is 1. The number of fused-ring (bicyclic) bond motifs is 1. The van der Waals surface area contributed by atoms with Gasteiger partial charge in [-0.05, 0) is 31.9 Å². The van der Waals surface area contributed by atoms with Gasteiger partial charge in [0, 0.05) is 30.3 Å². The van der Waals surface area contributed by atoms with Crippen LogP contribution in [0, 0.1) is 13.8 Å². The molecule has 0 atom stereocenters. The summed E-state index contributed by atoms with van der Waals surface area (Å²) in [5.41, 5.74) is 11.1. The first-order valence-corrected chi connectivity index (χ1v) is 11.6. The van der Waals surface area contributed by atoms with E-state index in [2.05, 4.69) is 36.7 Å². The largest absolute Gasteiger partial charge is 0.496 e. The number of aromatic nitrogens is 5. The number of nitrogens with one attached hydrogen (secondary N) is 1. The van der Waals surface area contributed by atoms with Gasteiger partial charge in [-0.25, -0.2) is 9.97 Å². The van der Waals surface area contributed by atoms with Crippen molar-refractivity contribution in [3.8, 4) is 5.75 Å². The minimum absolute atomic E-state index is 0.121. The van der Waals surface area contributed by atoms with Crippen LogP contribution in [-0.4, -0.2) is 38.6 Å².